The van der Waals surface area contributed by atoms with Gasteiger partial charge in [-0.2, -0.15) is 0 Å². The van der Waals surface area contributed by atoms with E-state index in [0.717, 1.165) is 37.3 Å². The van der Waals surface area contributed by atoms with E-state index >= 15 is 0 Å². The monoisotopic (exact) mass is 307 g/mol. The highest BCUT2D eigenvalue weighted by Gasteiger charge is 2.13. The summed E-state index contributed by atoms with van der Waals surface area (Å²) >= 11 is 1.55. The fourth-order valence-electron chi connectivity index (χ4n) is 2.57. The highest BCUT2D eigenvalue weighted by molar-refractivity contribution is 7.21. The Morgan fingerprint density at radius 1 is 1.05 bits per heavy atom. The number of hydrogen-bond donors (Lipinski definition) is 1. The van der Waals surface area contributed by atoms with Crippen LogP contribution in [0.2, 0.25) is 0 Å². The first-order valence-corrected chi connectivity index (χ1v) is 7.73. The Morgan fingerprint density at radius 3 is 2.77 bits per heavy atom. The van der Waals surface area contributed by atoms with E-state index in [9.17, 15) is 5.11 Å². The minimum atomic E-state index is 0.282. The summed E-state index contributed by atoms with van der Waals surface area (Å²) < 4.78 is 6.29. The zero-order chi connectivity index (χ0) is 15.1. The van der Waals surface area contributed by atoms with Gasteiger partial charge in [-0.1, -0.05) is 30.3 Å². The smallest absolute Gasteiger partial charge is 0.133 e. The molecule has 0 bridgehead atoms. The van der Waals surface area contributed by atoms with Crippen molar-refractivity contribution in [1.82, 2.24) is 4.98 Å². The van der Waals surface area contributed by atoms with Crippen LogP contribution in [0, 0.1) is 0 Å². The molecular formula is C18H13NO2S. The van der Waals surface area contributed by atoms with Crippen molar-refractivity contribution in [3.63, 3.8) is 0 Å². The summed E-state index contributed by atoms with van der Waals surface area (Å²) in [7, 11) is 1.65. The molecule has 0 saturated heterocycles. The van der Waals surface area contributed by atoms with Crippen LogP contribution in [0.1, 0.15) is 0 Å². The van der Waals surface area contributed by atoms with Crippen molar-refractivity contribution >= 4 is 32.3 Å². The normalized spacial score (nSPS) is 11.1. The van der Waals surface area contributed by atoms with Crippen LogP contribution in [0.3, 0.4) is 0 Å². The molecule has 0 aliphatic carbocycles. The molecule has 0 aliphatic rings. The molecule has 1 heterocycles. The average Bonchev–Trinajstić information content (AvgIpc) is 2.98. The number of aromatic nitrogens is 1. The molecule has 4 rings (SSSR count). The van der Waals surface area contributed by atoms with Crippen LogP contribution >= 0.6 is 11.3 Å². The van der Waals surface area contributed by atoms with Gasteiger partial charge in [-0.25, -0.2) is 4.98 Å². The highest BCUT2D eigenvalue weighted by atomic mass is 32.1. The van der Waals surface area contributed by atoms with E-state index in [2.05, 4.69) is 4.98 Å². The molecule has 3 nitrogen and oxygen atoms in total. The summed E-state index contributed by atoms with van der Waals surface area (Å²) in [5.41, 5.74) is 1.67. The third-order valence-electron chi connectivity index (χ3n) is 3.73. The second-order valence-electron chi connectivity index (χ2n) is 5.04. The molecule has 4 heteroatoms. The molecule has 0 radical (unpaired) electrons. The van der Waals surface area contributed by atoms with E-state index in [4.69, 9.17) is 4.74 Å². The third-order valence-corrected chi connectivity index (χ3v) is 4.78. The lowest BCUT2D eigenvalue weighted by Crippen LogP contribution is -1.81. The summed E-state index contributed by atoms with van der Waals surface area (Å²) in [5, 5.41) is 13.2. The predicted octanol–water partition coefficient (Wildman–Crippen LogP) is 4.83. The van der Waals surface area contributed by atoms with Gasteiger partial charge in [0, 0.05) is 5.39 Å². The number of ether oxygens (including phenoxy) is 1. The number of phenolic OH excluding ortho intramolecular Hbond substituents is 1. The first-order chi connectivity index (χ1) is 10.8. The topological polar surface area (TPSA) is 42.4 Å². The van der Waals surface area contributed by atoms with E-state index in [1.807, 2.05) is 54.6 Å². The summed E-state index contributed by atoms with van der Waals surface area (Å²) in [5.74, 6) is 1.09. The Labute approximate surface area is 131 Å². The Bertz CT molecular complexity index is 991. The molecule has 4 aromatic rings. The number of hydrogen-bond acceptors (Lipinski definition) is 4. The molecule has 1 aromatic heterocycles. The first kappa shape index (κ1) is 13.1. The standard InChI is InChI=1S/C18H13NO2S/c1-21-12-7-9-15-16(10-12)22-18(19-15)14-8-6-11-4-2-3-5-13(11)17(14)20/h2-10,20H,1H3. The molecule has 108 valence electrons. The van der Waals surface area contributed by atoms with Crippen LogP contribution in [-0.4, -0.2) is 17.2 Å². The molecule has 3 aromatic carbocycles. The van der Waals surface area contributed by atoms with Gasteiger partial charge in [-0.3, -0.25) is 0 Å². The number of methoxy groups -OCH3 is 1. The molecule has 0 amide bonds. The number of nitrogens with zero attached hydrogens (tertiary/aromatic N) is 1. The Hall–Kier alpha value is -2.59. The van der Waals surface area contributed by atoms with Gasteiger partial charge in [-0.15, -0.1) is 11.3 Å². The molecule has 22 heavy (non-hydrogen) atoms. The van der Waals surface area contributed by atoms with Crippen molar-refractivity contribution in [3.05, 3.63) is 54.6 Å². The van der Waals surface area contributed by atoms with E-state index in [1.165, 1.54) is 0 Å². The number of aromatic hydroxyl groups is 1. The second-order valence-corrected chi connectivity index (χ2v) is 6.07. The Balaban J connectivity index is 1.93. The number of rotatable bonds is 2. The van der Waals surface area contributed by atoms with Crippen molar-refractivity contribution in [2.75, 3.05) is 7.11 Å². The van der Waals surface area contributed by atoms with Gasteiger partial charge < -0.3 is 9.84 Å². The number of benzene rings is 3. The number of fused-ring (bicyclic) bond motifs is 2. The van der Waals surface area contributed by atoms with E-state index in [1.54, 1.807) is 18.4 Å². The Morgan fingerprint density at radius 2 is 1.91 bits per heavy atom. The summed E-state index contributed by atoms with van der Waals surface area (Å²) in [6.45, 7) is 0. The fourth-order valence-corrected chi connectivity index (χ4v) is 3.60. The maximum atomic E-state index is 10.6. The predicted molar refractivity (Wildman–Crippen MR) is 90.8 cm³/mol. The van der Waals surface area contributed by atoms with Crippen LogP contribution in [0.25, 0.3) is 31.6 Å². The second kappa shape index (κ2) is 5.00. The quantitative estimate of drug-likeness (QED) is 0.576. The fraction of sp³-hybridized carbons (Fsp3) is 0.0556. The number of phenols is 1. The van der Waals surface area contributed by atoms with Gasteiger partial charge >= 0.3 is 0 Å². The maximum absolute atomic E-state index is 10.6. The number of thiazole rings is 1. The minimum absolute atomic E-state index is 0.282. The molecule has 0 fully saturated rings. The lowest BCUT2D eigenvalue weighted by atomic mass is 10.1. The van der Waals surface area contributed by atoms with E-state index < -0.39 is 0 Å². The first-order valence-electron chi connectivity index (χ1n) is 6.92. The van der Waals surface area contributed by atoms with Crippen LogP contribution in [-0.2, 0) is 0 Å². The van der Waals surface area contributed by atoms with E-state index in [-0.39, 0.29) is 5.75 Å². The lowest BCUT2D eigenvalue weighted by Gasteiger charge is -2.05. The van der Waals surface area contributed by atoms with Gasteiger partial charge in [0.25, 0.3) is 0 Å². The van der Waals surface area contributed by atoms with Crippen molar-refractivity contribution in [3.8, 4) is 22.1 Å². The van der Waals surface area contributed by atoms with Gasteiger partial charge in [-0.05, 0) is 29.7 Å². The Kier molecular flexibility index (Phi) is 2.98. The molecule has 0 atom stereocenters. The minimum Gasteiger partial charge on any atom is -0.507 e. The van der Waals surface area contributed by atoms with Crippen LogP contribution in [0.4, 0.5) is 0 Å². The summed E-state index contributed by atoms with van der Waals surface area (Å²) in [6, 6.07) is 17.5. The molecule has 1 N–H and O–H groups in total. The lowest BCUT2D eigenvalue weighted by molar-refractivity contribution is 0.415. The SMILES string of the molecule is COc1ccc2nc(-c3ccc4ccccc4c3O)sc2c1. The van der Waals surface area contributed by atoms with Gasteiger partial charge in [0.2, 0.25) is 0 Å². The summed E-state index contributed by atoms with van der Waals surface area (Å²) in [6.07, 6.45) is 0. The van der Waals surface area contributed by atoms with Gasteiger partial charge in [0.05, 0.1) is 22.9 Å². The van der Waals surface area contributed by atoms with Gasteiger partial charge in [0.15, 0.2) is 0 Å². The largest absolute Gasteiger partial charge is 0.507 e. The van der Waals surface area contributed by atoms with Crippen LogP contribution < -0.4 is 4.74 Å². The van der Waals surface area contributed by atoms with E-state index in [0.29, 0.717) is 0 Å². The average molecular weight is 307 g/mol. The zero-order valence-corrected chi connectivity index (χ0v) is 12.7. The zero-order valence-electron chi connectivity index (χ0n) is 11.9. The molecular weight excluding hydrogens is 294 g/mol. The van der Waals surface area contributed by atoms with Crippen LogP contribution in [0.5, 0.6) is 11.5 Å². The van der Waals surface area contributed by atoms with Gasteiger partial charge in [0.1, 0.15) is 16.5 Å². The molecule has 0 aliphatic heterocycles. The van der Waals surface area contributed by atoms with Crippen molar-refractivity contribution in [2.45, 2.75) is 0 Å². The maximum Gasteiger partial charge on any atom is 0.133 e. The van der Waals surface area contributed by atoms with Crippen LogP contribution in [0.15, 0.2) is 54.6 Å². The molecule has 0 unspecified atom stereocenters. The van der Waals surface area contributed by atoms with Crippen molar-refractivity contribution in [1.29, 1.82) is 0 Å². The molecule has 0 saturated carbocycles. The van der Waals surface area contributed by atoms with Crippen molar-refractivity contribution in [2.24, 2.45) is 0 Å². The highest BCUT2D eigenvalue weighted by Crippen LogP contribution is 2.39. The summed E-state index contributed by atoms with van der Waals surface area (Å²) in [4.78, 5) is 4.63. The van der Waals surface area contributed by atoms with Crippen molar-refractivity contribution < 1.29 is 9.84 Å². The molecule has 0 spiro atoms. The third kappa shape index (κ3) is 2.00.